The first-order valence-electron chi connectivity index (χ1n) is 8.95. The van der Waals surface area contributed by atoms with Crippen LogP contribution in [0.4, 0.5) is 0 Å². The minimum atomic E-state index is 0.0542. The van der Waals surface area contributed by atoms with E-state index in [4.69, 9.17) is 9.15 Å². The van der Waals surface area contributed by atoms with Crippen molar-refractivity contribution >= 4 is 5.91 Å². The topological polar surface area (TPSA) is 58.8 Å². The third-order valence-corrected chi connectivity index (χ3v) is 4.94. The van der Waals surface area contributed by atoms with Crippen molar-refractivity contribution in [2.24, 2.45) is 0 Å². The zero-order chi connectivity index (χ0) is 17.1. The van der Waals surface area contributed by atoms with Crippen LogP contribution in [0.25, 0.3) is 0 Å². The zero-order valence-electron chi connectivity index (χ0n) is 14.3. The van der Waals surface area contributed by atoms with E-state index in [1.54, 1.807) is 24.6 Å². The van der Waals surface area contributed by atoms with Gasteiger partial charge in [-0.1, -0.05) is 0 Å². The Morgan fingerprint density at radius 3 is 2.76 bits per heavy atom. The highest BCUT2D eigenvalue weighted by atomic mass is 16.5. The maximum absolute atomic E-state index is 12.8. The fourth-order valence-corrected chi connectivity index (χ4v) is 3.18. The van der Waals surface area contributed by atoms with Crippen molar-refractivity contribution in [1.82, 2.24) is 14.8 Å². The predicted octanol–water partition coefficient (Wildman–Crippen LogP) is 2.56. The van der Waals surface area contributed by atoms with Gasteiger partial charge in [-0.25, -0.2) is 4.98 Å². The molecule has 25 heavy (non-hydrogen) atoms. The second-order valence-corrected chi connectivity index (χ2v) is 6.70. The minimum absolute atomic E-state index is 0.0542. The molecular formula is C19H23N3O3. The number of piperazine rings is 1. The molecule has 0 atom stereocenters. The molecule has 132 valence electrons. The Labute approximate surface area is 147 Å². The average molecular weight is 341 g/mol. The van der Waals surface area contributed by atoms with E-state index >= 15 is 0 Å². The van der Waals surface area contributed by atoms with E-state index in [-0.39, 0.29) is 12.0 Å². The van der Waals surface area contributed by atoms with Crippen molar-refractivity contribution in [3.05, 3.63) is 48.0 Å². The van der Waals surface area contributed by atoms with Crippen LogP contribution in [0, 0.1) is 0 Å². The van der Waals surface area contributed by atoms with E-state index in [9.17, 15) is 4.79 Å². The molecule has 1 saturated heterocycles. The lowest BCUT2D eigenvalue weighted by Gasteiger charge is -2.34. The number of amides is 1. The van der Waals surface area contributed by atoms with Crippen LogP contribution in [0.5, 0.6) is 5.88 Å². The van der Waals surface area contributed by atoms with Crippen LogP contribution in [0.1, 0.15) is 35.4 Å². The summed E-state index contributed by atoms with van der Waals surface area (Å²) in [5.74, 6) is 1.58. The third-order valence-electron chi connectivity index (χ3n) is 4.94. The normalized spacial score (nSPS) is 18.8. The summed E-state index contributed by atoms with van der Waals surface area (Å²) >= 11 is 0. The second kappa shape index (κ2) is 7.27. The van der Waals surface area contributed by atoms with E-state index in [0.29, 0.717) is 11.4 Å². The molecule has 1 amide bonds. The number of pyridine rings is 1. The molecule has 2 aromatic rings. The van der Waals surface area contributed by atoms with E-state index in [0.717, 1.165) is 51.3 Å². The van der Waals surface area contributed by atoms with Crippen LogP contribution >= 0.6 is 0 Å². The number of hydrogen-bond acceptors (Lipinski definition) is 5. The number of rotatable bonds is 5. The van der Waals surface area contributed by atoms with Gasteiger partial charge in [-0.2, -0.15) is 0 Å². The number of nitrogens with zero attached hydrogens (tertiary/aromatic N) is 3. The SMILES string of the molecule is O=C(c1ccnc(OC2CCC2)c1)N1CCN(Cc2ccco2)CC1. The highest BCUT2D eigenvalue weighted by Gasteiger charge is 2.24. The molecule has 1 aliphatic carbocycles. The molecule has 2 aliphatic rings. The molecule has 0 N–H and O–H groups in total. The first-order valence-corrected chi connectivity index (χ1v) is 8.95. The number of carbonyl (C=O) groups is 1. The summed E-state index contributed by atoms with van der Waals surface area (Å²) in [6.07, 6.45) is 7.00. The van der Waals surface area contributed by atoms with Crippen LogP contribution in [-0.4, -0.2) is 53.0 Å². The largest absolute Gasteiger partial charge is 0.474 e. The van der Waals surface area contributed by atoms with Gasteiger partial charge in [-0.15, -0.1) is 0 Å². The van der Waals surface area contributed by atoms with Gasteiger partial charge in [0.25, 0.3) is 5.91 Å². The quantitative estimate of drug-likeness (QED) is 0.836. The van der Waals surface area contributed by atoms with Crippen molar-refractivity contribution in [2.75, 3.05) is 26.2 Å². The van der Waals surface area contributed by atoms with Gasteiger partial charge in [0.1, 0.15) is 11.9 Å². The summed E-state index contributed by atoms with van der Waals surface area (Å²) in [6.45, 7) is 3.94. The molecule has 4 rings (SSSR count). The Kier molecular flexibility index (Phi) is 4.70. The molecule has 0 bridgehead atoms. The van der Waals surface area contributed by atoms with E-state index in [1.807, 2.05) is 17.0 Å². The molecule has 2 fully saturated rings. The molecular weight excluding hydrogens is 318 g/mol. The lowest BCUT2D eigenvalue weighted by Crippen LogP contribution is -2.48. The van der Waals surface area contributed by atoms with Crippen molar-refractivity contribution in [3.8, 4) is 5.88 Å². The van der Waals surface area contributed by atoms with Crippen molar-refractivity contribution in [2.45, 2.75) is 31.9 Å². The van der Waals surface area contributed by atoms with Gasteiger partial charge in [0.2, 0.25) is 5.88 Å². The summed E-state index contributed by atoms with van der Waals surface area (Å²) in [5.41, 5.74) is 0.656. The molecule has 2 aromatic heterocycles. The minimum Gasteiger partial charge on any atom is -0.474 e. The Bertz CT molecular complexity index is 704. The summed E-state index contributed by atoms with van der Waals surface area (Å²) in [7, 11) is 0. The van der Waals surface area contributed by atoms with E-state index in [1.165, 1.54) is 6.42 Å². The molecule has 0 radical (unpaired) electrons. The number of furan rings is 1. The van der Waals surface area contributed by atoms with Crippen LogP contribution in [0.15, 0.2) is 41.1 Å². The highest BCUT2D eigenvalue weighted by molar-refractivity contribution is 5.94. The summed E-state index contributed by atoms with van der Waals surface area (Å²) in [5, 5.41) is 0. The number of aromatic nitrogens is 1. The molecule has 0 unspecified atom stereocenters. The number of hydrogen-bond donors (Lipinski definition) is 0. The maximum Gasteiger partial charge on any atom is 0.254 e. The monoisotopic (exact) mass is 341 g/mol. The average Bonchev–Trinajstić information content (AvgIpc) is 3.12. The Morgan fingerprint density at radius 2 is 2.08 bits per heavy atom. The molecule has 3 heterocycles. The van der Waals surface area contributed by atoms with Crippen molar-refractivity contribution in [1.29, 1.82) is 0 Å². The Hall–Kier alpha value is -2.34. The maximum atomic E-state index is 12.8. The summed E-state index contributed by atoms with van der Waals surface area (Å²) < 4.78 is 11.2. The van der Waals surface area contributed by atoms with Gasteiger partial charge >= 0.3 is 0 Å². The van der Waals surface area contributed by atoms with Crippen LogP contribution in [-0.2, 0) is 6.54 Å². The Morgan fingerprint density at radius 1 is 1.24 bits per heavy atom. The van der Waals surface area contributed by atoms with Gasteiger partial charge in [-0.05, 0) is 37.5 Å². The smallest absolute Gasteiger partial charge is 0.254 e. The first kappa shape index (κ1) is 16.1. The van der Waals surface area contributed by atoms with Gasteiger partial charge < -0.3 is 14.1 Å². The predicted molar refractivity (Wildman–Crippen MR) is 92.4 cm³/mol. The second-order valence-electron chi connectivity index (χ2n) is 6.70. The standard InChI is InChI=1S/C19H23N3O3/c23-19(15-6-7-20-18(13-15)25-16-3-1-4-16)22-10-8-21(9-11-22)14-17-5-2-12-24-17/h2,5-7,12-13,16H,1,3-4,8-11,14H2. The van der Waals surface area contributed by atoms with E-state index in [2.05, 4.69) is 9.88 Å². The molecule has 1 aliphatic heterocycles. The number of ether oxygens (including phenoxy) is 1. The molecule has 6 nitrogen and oxygen atoms in total. The lowest BCUT2D eigenvalue weighted by molar-refractivity contribution is 0.0618. The summed E-state index contributed by atoms with van der Waals surface area (Å²) in [4.78, 5) is 21.2. The van der Waals surface area contributed by atoms with Crippen molar-refractivity contribution in [3.63, 3.8) is 0 Å². The lowest BCUT2D eigenvalue weighted by atomic mass is 9.96. The van der Waals surface area contributed by atoms with Crippen LogP contribution in [0.2, 0.25) is 0 Å². The van der Waals surface area contributed by atoms with Crippen molar-refractivity contribution < 1.29 is 13.9 Å². The van der Waals surface area contributed by atoms with Gasteiger partial charge in [0, 0.05) is 44.0 Å². The third kappa shape index (κ3) is 3.85. The Balaban J connectivity index is 1.33. The fourth-order valence-electron chi connectivity index (χ4n) is 3.18. The molecule has 0 spiro atoms. The highest BCUT2D eigenvalue weighted by Crippen LogP contribution is 2.24. The van der Waals surface area contributed by atoms with Gasteiger partial charge in [0.05, 0.1) is 12.8 Å². The molecule has 0 aromatic carbocycles. The van der Waals surface area contributed by atoms with Gasteiger partial charge in [0.15, 0.2) is 0 Å². The van der Waals surface area contributed by atoms with Crippen LogP contribution < -0.4 is 4.74 Å². The summed E-state index contributed by atoms with van der Waals surface area (Å²) in [6, 6.07) is 7.43. The zero-order valence-corrected chi connectivity index (χ0v) is 14.3. The molecule has 6 heteroatoms. The van der Waals surface area contributed by atoms with Crippen LogP contribution in [0.3, 0.4) is 0 Å². The number of carbonyl (C=O) groups excluding carboxylic acids is 1. The fraction of sp³-hybridized carbons (Fsp3) is 0.474. The first-order chi connectivity index (χ1) is 12.3. The van der Waals surface area contributed by atoms with Gasteiger partial charge in [-0.3, -0.25) is 9.69 Å². The molecule has 1 saturated carbocycles. The van der Waals surface area contributed by atoms with E-state index < -0.39 is 0 Å².